The number of hydrogen-bond acceptors (Lipinski definition) is 15. The molecule has 17 nitrogen and oxygen atoms in total. The van der Waals surface area contributed by atoms with Crippen molar-refractivity contribution in [3.05, 3.63) is 0 Å². The molecule has 0 saturated carbocycles. The molecule has 0 spiro atoms. The van der Waals surface area contributed by atoms with Crippen molar-refractivity contribution in [2.24, 2.45) is 0 Å². The topological polar surface area (TPSA) is 237 Å². The van der Waals surface area contributed by atoms with Crippen LogP contribution < -0.4 is 0 Å². The van der Waals surface area contributed by atoms with Crippen LogP contribution in [0.25, 0.3) is 0 Å². The number of esters is 4. The van der Waals surface area contributed by atoms with E-state index < -0.39 is 97.5 Å². The Labute approximate surface area is 467 Å². The second-order valence-corrected chi connectivity index (χ2v) is 23.9. The summed E-state index contributed by atoms with van der Waals surface area (Å²) in [6.45, 7) is 4.66. The minimum Gasteiger partial charge on any atom is -0.462 e. The zero-order chi connectivity index (χ0) is 56.9. The standard InChI is InChI=1S/C58H112O17P2/c1-5-9-13-17-19-21-23-24-25-26-27-28-29-31-33-37-41-45-58(63)75-54(49-69-56(61)43-39-36-32-30-22-20-18-14-10-6-2)51-73-77(66,67)71-47-52(59)46-70-76(64,65)72-50-53(74-57(62)44-40-35-16-12-8-4)48-68-55(60)42-38-34-15-11-7-3/h52-54,59H,5-51H2,1-4H3,(H,64,65)(H,66,67)/t52-,53+,54+/m0/s1. The molecule has 0 fully saturated rings. The second-order valence-electron chi connectivity index (χ2n) is 21.0. The summed E-state index contributed by atoms with van der Waals surface area (Å²) in [7, 11) is -9.85. The summed E-state index contributed by atoms with van der Waals surface area (Å²) in [5.74, 6) is -2.16. The van der Waals surface area contributed by atoms with Crippen molar-refractivity contribution in [2.45, 2.75) is 309 Å². The number of rotatable bonds is 59. The molecule has 0 bridgehead atoms. The molecule has 0 aliphatic rings. The zero-order valence-electron chi connectivity index (χ0n) is 48.9. The monoisotopic (exact) mass is 1140 g/mol. The highest BCUT2D eigenvalue weighted by Crippen LogP contribution is 2.45. The van der Waals surface area contributed by atoms with E-state index in [1.165, 1.54) is 116 Å². The number of ether oxygens (including phenoxy) is 4. The van der Waals surface area contributed by atoms with E-state index in [2.05, 4.69) is 27.7 Å². The largest absolute Gasteiger partial charge is 0.472 e. The van der Waals surface area contributed by atoms with E-state index in [1.54, 1.807) is 0 Å². The molecule has 2 unspecified atom stereocenters. The predicted octanol–water partition coefficient (Wildman–Crippen LogP) is 15.6. The van der Waals surface area contributed by atoms with Crippen molar-refractivity contribution in [3.63, 3.8) is 0 Å². The molecular weight excluding hydrogens is 1030 g/mol. The van der Waals surface area contributed by atoms with Gasteiger partial charge in [-0.1, -0.05) is 240 Å². The highest BCUT2D eigenvalue weighted by Gasteiger charge is 2.30. The molecule has 0 heterocycles. The fourth-order valence-electron chi connectivity index (χ4n) is 8.57. The number of carbonyl (C=O) groups excluding carboxylic acids is 4. The fraction of sp³-hybridized carbons (Fsp3) is 0.931. The van der Waals surface area contributed by atoms with Crippen LogP contribution in [0.2, 0.25) is 0 Å². The minimum absolute atomic E-state index is 0.0991. The maximum absolute atomic E-state index is 12.9. The second kappa shape index (κ2) is 53.4. The van der Waals surface area contributed by atoms with Crippen LogP contribution in [0.3, 0.4) is 0 Å². The molecule has 0 radical (unpaired) electrons. The van der Waals surface area contributed by atoms with Crippen LogP contribution in [0, 0.1) is 0 Å². The molecule has 77 heavy (non-hydrogen) atoms. The Hall–Kier alpha value is -1.94. The van der Waals surface area contributed by atoms with E-state index in [4.69, 9.17) is 37.0 Å². The number of phosphoric ester groups is 2. The molecule has 5 atom stereocenters. The molecule has 0 aliphatic heterocycles. The molecule has 456 valence electrons. The van der Waals surface area contributed by atoms with Gasteiger partial charge in [0, 0.05) is 25.7 Å². The Morgan fingerprint density at radius 3 is 0.766 bits per heavy atom. The van der Waals surface area contributed by atoms with Crippen molar-refractivity contribution in [1.82, 2.24) is 0 Å². The average Bonchev–Trinajstić information content (AvgIpc) is 3.40. The van der Waals surface area contributed by atoms with Gasteiger partial charge < -0.3 is 33.8 Å². The Morgan fingerprint density at radius 2 is 0.519 bits per heavy atom. The molecular formula is C58H112O17P2. The summed E-state index contributed by atoms with van der Waals surface area (Å²) in [4.78, 5) is 71.4. The molecule has 0 saturated heterocycles. The van der Waals surface area contributed by atoms with Crippen LogP contribution in [0.4, 0.5) is 0 Å². The molecule has 0 aliphatic carbocycles. The first-order valence-corrected chi connectivity index (χ1v) is 33.8. The van der Waals surface area contributed by atoms with Crippen molar-refractivity contribution in [3.8, 4) is 0 Å². The third-order valence-electron chi connectivity index (χ3n) is 13.4. The Bertz CT molecular complexity index is 1500. The van der Waals surface area contributed by atoms with Gasteiger partial charge in [0.15, 0.2) is 12.2 Å². The maximum Gasteiger partial charge on any atom is 0.472 e. The lowest BCUT2D eigenvalue weighted by atomic mass is 10.0. The van der Waals surface area contributed by atoms with Crippen molar-refractivity contribution < 1.29 is 80.2 Å². The SMILES string of the molecule is CCCCCCCCCCCCCCCCCCCC(=O)O[C@H](COC(=O)CCCCCCCCCCCC)COP(=O)(O)OC[C@@H](O)COP(=O)(O)OC[C@@H](COC(=O)CCCCCCC)OC(=O)CCCCCCC. The van der Waals surface area contributed by atoms with Crippen LogP contribution in [0.1, 0.15) is 291 Å². The third kappa shape index (κ3) is 53.2. The first-order valence-electron chi connectivity index (χ1n) is 30.8. The number of unbranched alkanes of at least 4 members (excludes halogenated alkanes) is 33. The lowest BCUT2D eigenvalue weighted by molar-refractivity contribution is -0.161. The van der Waals surface area contributed by atoms with Crippen LogP contribution >= 0.6 is 15.6 Å². The van der Waals surface area contributed by atoms with E-state index in [1.807, 2.05) is 0 Å². The summed E-state index contributed by atoms with van der Waals surface area (Å²) in [6.07, 6.45) is 37.0. The summed E-state index contributed by atoms with van der Waals surface area (Å²) >= 11 is 0. The Balaban J connectivity index is 5.08. The smallest absolute Gasteiger partial charge is 0.462 e. The quantitative estimate of drug-likeness (QED) is 0.0222. The molecule has 0 aromatic rings. The van der Waals surface area contributed by atoms with Gasteiger partial charge >= 0.3 is 39.5 Å². The van der Waals surface area contributed by atoms with Gasteiger partial charge in [-0.05, 0) is 25.7 Å². The molecule has 19 heteroatoms. The highest BCUT2D eigenvalue weighted by molar-refractivity contribution is 7.47. The minimum atomic E-state index is -4.93. The first-order chi connectivity index (χ1) is 37.2. The van der Waals surface area contributed by atoms with Crippen LogP contribution in [0.15, 0.2) is 0 Å². The van der Waals surface area contributed by atoms with Crippen LogP contribution in [0.5, 0.6) is 0 Å². The number of aliphatic hydroxyl groups is 1. The summed E-state index contributed by atoms with van der Waals surface area (Å²) < 4.78 is 67.3. The molecule has 0 aromatic heterocycles. The average molecular weight is 1140 g/mol. The van der Waals surface area contributed by atoms with E-state index in [-0.39, 0.29) is 25.7 Å². The predicted molar refractivity (Wildman–Crippen MR) is 303 cm³/mol. The molecule has 0 rings (SSSR count). The van der Waals surface area contributed by atoms with Crippen molar-refractivity contribution in [1.29, 1.82) is 0 Å². The number of carbonyl (C=O) groups is 4. The van der Waals surface area contributed by atoms with Gasteiger partial charge in [-0.3, -0.25) is 37.3 Å². The lowest BCUT2D eigenvalue weighted by Crippen LogP contribution is -2.30. The summed E-state index contributed by atoms with van der Waals surface area (Å²) in [5, 5.41) is 10.4. The van der Waals surface area contributed by atoms with Crippen molar-refractivity contribution >= 4 is 39.5 Å². The number of hydrogen-bond donors (Lipinski definition) is 3. The zero-order valence-corrected chi connectivity index (χ0v) is 50.7. The van der Waals surface area contributed by atoms with Gasteiger partial charge in [0.2, 0.25) is 0 Å². The van der Waals surface area contributed by atoms with E-state index in [9.17, 15) is 43.2 Å². The van der Waals surface area contributed by atoms with E-state index >= 15 is 0 Å². The Kier molecular flexibility index (Phi) is 52.0. The highest BCUT2D eigenvalue weighted by atomic mass is 31.2. The molecule has 3 N–H and O–H groups in total. The van der Waals surface area contributed by atoms with Crippen LogP contribution in [-0.2, 0) is 65.4 Å². The summed E-state index contributed by atoms with van der Waals surface area (Å²) in [5.41, 5.74) is 0. The van der Waals surface area contributed by atoms with Gasteiger partial charge in [0.05, 0.1) is 26.4 Å². The Morgan fingerprint density at radius 1 is 0.312 bits per heavy atom. The van der Waals surface area contributed by atoms with Gasteiger partial charge in [-0.15, -0.1) is 0 Å². The number of aliphatic hydroxyl groups excluding tert-OH is 1. The first kappa shape index (κ1) is 75.1. The maximum atomic E-state index is 12.9. The van der Waals surface area contributed by atoms with Gasteiger partial charge in [-0.25, -0.2) is 9.13 Å². The van der Waals surface area contributed by atoms with E-state index in [0.29, 0.717) is 25.7 Å². The van der Waals surface area contributed by atoms with Crippen molar-refractivity contribution in [2.75, 3.05) is 39.6 Å². The van der Waals surface area contributed by atoms with Gasteiger partial charge in [0.1, 0.15) is 19.3 Å². The third-order valence-corrected chi connectivity index (χ3v) is 15.3. The lowest BCUT2D eigenvalue weighted by Gasteiger charge is -2.21. The normalized spacial score (nSPS) is 14.3. The van der Waals surface area contributed by atoms with Crippen LogP contribution in [-0.4, -0.2) is 96.7 Å². The number of phosphoric acid groups is 2. The fourth-order valence-corrected chi connectivity index (χ4v) is 10.2. The molecule has 0 aromatic carbocycles. The van der Waals surface area contributed by atoms with E-state index in [0.717, 1.165) is 96.3 Å². The molecule has 0 amide bonds. The van der Waals surface area contributed by atoms with Gasteiger partial charge in [0.25, 0.3) is 0 Å². The summed E-state index contributed by atoms with van der Waals surface area (Å²) in [6, 6.07) is 0. The van der Waals surface area contributed by atoms with Gasteiger partial charge in [-0.2, -0.15) is 0 Å².